The first-order valence-corrected chi connectivity index (χ1v) is 19.4. The van der Waals surface area contributed by atoms with Gasteiger partial charge in [-0.2, -0.15) is 5.10 Å². The fourth-order valence-corrected chi connectivity index (χ4v) is 7.89. The van der Waals surface area contributed by atoms with E-state index in [9.17, 15) is 23.5 Å². The van der Waals surface area contributed by atoms with E-state index in [4.69, 9.17) is 14.2 Å². The molecule has 13 nitrogen and oxygen atoms in total. The Morgan fingerprint density at radius 3 is 2.16 bits per heavy atom. The standard InChI is InChI=1S/C41H48F3N7O6/c1-4-5-6-7-18-41(54)38(52)50(39(53)51(41)28(2)3)32-11-9-30(10-12-32)47-19-21-48(22-20-47)31-13-15-33(16-14-31)55-24-36-56-37(44)40(57-36,25-49-27-45-26-46-49)34-17-8-29(42)23-35(34)43/h8-17,23,26-28,36-37,54H,4-7,18-22,24-25H2,1-3H3/t36-,37?,40+,41?/m1/s1. The first kappa shape index (κ1) is 40.0. The van der Waals surface area contributed by atoms with Crippen molar-refractivity contribution in [1.29, 1.82) is 0 Å². The highest BCUT2D eigenvalue weighted by atomic mass is 19.1. The van der Waals surface area contributed by atoms with Crippen LogP contribution in [-0.2, 0) is 26.4 Å². The lowest BCUT2D eigenvalue weighted by Crippen LogP contribution is -2.52. The second-order valence-corrected chi connectivity index (χ2v) is 14.9. The van der Waals surface area contributed by atoms with Crippen molar-refractivity contribution in [1.82, 2.24) is 19.7 Å². The average molecular weight is 792 g/mol. The lowest BCUT2D eigenvalue weighted by molar-refractivity contribution is -0.150. The summed E-state index contributed by atoms with van der Waals surface area (Å²) in [6.07, 6.45) is 3.02. The number of halogens is 3. The van der Waals surface area contributed by atoms with Crippen LogP contribution in [0.4, 0.5) is 35.0 Å². The Kier molecular flexibility index (Phi) is 11.7. The third kappa shape index (κ3) is 8.03. The fourth-order valence-electron chi connectivity index (χ4n) is 7.89. The van der Waals surface area contributed by atoms with E-state index in [0.717, 1.165) is 73.8 Å². The van der Waals surface area contributed by atoms with Gasteiger partial charge in [-0.1, -0.05) is 32.3 Å². The number of carbonyl (C=O) groups excluding carboxylic acids is 2. The number of benzene rings is 3. The van der Waals surface area contributed by atoms with Crippen LogP contribution in [0.25, 0.3) is 0 Å². The molecule has 3 saturated heterocycles. The Labute approximate surface area is 329 Å². The second-order valence-electron chi connectivity index (χ2n) is 14.9. The molecule has 3 aliphatic heterocycles. The van der Waals surface area contributed by atoms with Crippen molar-refractivity contribution in [2.75, 3.05) is 47.5 Å². The van der Waals surface area contributed by atoms with E-state index < -0.39 is 47.5 Å². The van der Waals surface area contributed by atoms with Crippen molar-refractivity contribution in [2.24, 2.45) is 0 Å². The van der Waals surface area contributed by atoms with E-state index >= 15 is 4.39 Å². The number of carbonyl (C=O) groups is 2. The number of imide groups is 1. The van der Waals surface area contributed by atoms with Crippen molar-refractivity contribution >= 4 is 29.0 Å². The van der Waals surface area contributed by atoms with Gasteiger partial charge in [-0.15, -0.1) is 0 Å². The quantitative estimate of drug-likeness (QED) is 0.107. The molecule has 3 aromatic carbocycles. The molecular weight excluding hydrogens is 743 g/mol. The molecule has 304 valence electrons. The van der Waals surface area contributed by atoms with E-state index in [0.29, 0.717) is 23.9 Å². The van der Waals surface area contributed by atoms with Gasteiger partial charge in [-0.25, -0.2) is 32.5 Å². The molecule has 16 heteroatoms. The predicted octanol–water partition coefficient (Wildman–Crippen LogP) is 6.36. The highest BCUT2D eigenvalue weighted by molar-refractivity contribution is 6.22. The maximum atomic E-state index is 15.6. The number of hydrogen-bond acceptors (Lipinski definition) is 10. The summed E-state index contributed by atoms with van der Waals surface area (Å²) < 4.78 is 62.9. The molecule has 1 N–H and O–H groups in total. The SMILES string of the molecule is CCCCCCC1(O)C(=O)N(c2ccc(N3CCN(c4ccc(OC[C@@H]5OC(F)[C@](Cn6cncn6)(c6ccc(F)cc6F)O5)cc4)CC3)cc2)C(=O)N1C(C)C. The fraction of sp³-hybridized carbons (Fsp3) is 0.463. The van der Waals surface area contributed by atoms with Gasteiger partial charge in [0.05, 0.1) is 12.2 Å². The Morgan fingerprint density at radius 2 is 1.56 bits per heavy atom. The van der Waals surface area contributed by atoms with Crippen molar-refractivity contribution in [3.05, 3.63) is 96.6 Å². The minimum atomic E-state index is -2.12. The van der Waals surface area contributed by atoms with Gasteiger partial charge in [0.25, 0.3) is 5.91 Å². The molecule has 0 bridgehead atoms. The number of nitrogens with zero attached hydrogens (tertiary/aromatic N) is 7. The molecule has 3 aliphatic rings. The second kappa shape index (κ2) is 16.7. The molecule has 0 radical (unpaired) electrons. The van der Waals surface area contributed by atoms with Gasteiger partial charge in [0, 0.05) is 61.6 Å². The maximum Gasteiger partial charge on any atom is 0.334 e. The summed E-state index contributed by atoms with van der Waals surface area (Å²) in [6, 6.07) is 16.7. The van der Waals surface area contributed by atoms with Crippen molar-refractivity contribution in [2.45, 2.75) is 89.4 Å². The monoisotopic (exact) mass is 791 g/mol. The Bertz CT molecular complexity index is 2000. The van der Waals surface area contributed by atoms with Crippen LogP contribution in [0.2, 0.25) is 0 Å². The van der Waals surface area contributed by atoms with E-state index in [1.807, 2.05) is 24.3 Å². The van der Waals surface area contributed by atoms with E-state index in [1.54, 1.807) is 38.1 Å². The summed E-state index contributed by atoms with van der Waals surface area (Å²) >= 11 is 0. The van der Waals surface area contributed by atoms with Gasteiger partial charge in [0.2, 0.25) is 12.1 Å². The first-order valence-electron chi connectivity index (χ1n) is 19.4. The van der Waals surface area contributed by atoms with Crippen molar-refractivity contribution in [3.8, 4) is 5.75 Å². The molecule has 0 spiro atoms. The normalized spacial score (nSPS) is 24.0. The first-order chi connectivity index (χ1) is 27.4. The summed E-state index contributed by atoms with van der Waals surface area (Å²) in [6.45, 7) is 8.14. The van der Waals surface area contributed by atoms with Crippen molar-refractivity contribution in [3.63, 3.8) is 0 Å². The molecule has 3 fully saturated rings. The third-order valence-electron chi connectivity index (χ3n) is 10.8. The van der Waals surface area contributed by atoms with Crippen LogP contribution in [0, 0.1) is 11.6 Å². The number of piperazine rings is 1. The lowest BCUT2D eigenvalue weighted by Gasteiger charge is -2.37. The lowest BCUT2D eigenvalue weighted by atomic mass is 9.93. The number of ether oxygens (including phenoxy) is 3. The number of aromatic nitrogens is 3. The van der Waals surface area contributed by atoms with Crippen LogP contribution in [-0.4, -0.2) is 93.9 Å². The number of amides is 3. The summed E-state index contributed by atoms with van der Waals surface area (Å²) in [5.74, 6) is -1.91. The summed E-state index contributed by atoms with van der Waals surface area (Å²) in [5.41, 5.74) is -1.68. The zero-order chi connectivity index (χ0) is 40.3. The van der Waals surface area contributed by atoms with Crippen LogP contribution >= 0.6 is 0 Å². The summed E-state index contributed by atoms with van der Waals surface area (Å²) in [5, 5.41) is 15.5. The van der Waals surface area contributed by atoms with Gasteiger partial charge < -0.3 is 29.1 Å². The molecule has 1 aromatic heterocycles. The van der Waals surface area contributed by atoms with Crippen LogP contribution < -0.4 is 19.4 Å². The Balaban J connectivity index is 0.931. The van der Waals surface area contributed by atoms with Gasteiger partial charge >= 0.3 is 6.03 Å². The molecular formula is C41H48F3N7O6. The molecule has 57 heavy (non-hydrogen) atoms. The minimum absolute atomic E-state index is 0.199. The predicted molar refractivity (Wildman–Crippen MR) is 205 cm³/mol. The van der Waals surface area contributed by atoms with Gasteiger partial charge in [0.15, 0.2) is 11.9 Å². The average Bonchev–Trinajstić information content (AvgIpc) is 3.88. The number of unbranched alkanes of at least 4 members (excludes halogenated alkanes) is 3. The van der Waals surface area contributed by atoms with Crippen LogP contribution in [0.3, 0.4) is 0 Å². The number of anilines is 3. The topological polar surface area (TPSA) is 126 Å². The number of hydrogen-bond donors (Lipinski definition) is 1. The van der Waals surface area contributed by atoms with Gasteiger partial charge in [-0.05, 0) is 74.9 Å². The zero-order valence-corrected chi connectivity index (χ0v) is 32.3. The smallest absolute Gasteiger partial charge is 0.334 e. The Hall–Kier alpha value is -5.19. The molecule has 7 rings (SSSR count). The molecule has 0 saturated carbocycles. The van der Waals surface area contributed by atoms with E-state index in [-0.39, 0.29) is 31.2 Å². The number of rotatable bonds is 15. The molecule has 3 amide bonds. The Morgan fingerprint density at radius 1 is 0.912 bits per heavy atom. The zero-order valence-electron chi connectivity index (χ0n) is 32.3. The number of alkyl halides is 1. The highest BCUT2D eigenvalue weighted by Crippen LogP contribution is 2.43. The van der Waals surface area contributed by atoms with Crippen molar-refractivity contribution < 1.29 is 42.1 Å². The number of aliphatic hydroxyl groups is 1. The summed E-state index contributed by atoms with van der Waals surface area (Å²) in [4.78, 5) is 37.8. The minimum Gasteiger partial charge on any atom is -0.488 e. The van der Waals surface area contributed by atoms with Crippen LogP contribution in [0.15, 0.2) is 79.4 Å². The number of urea groups is 1. The van der Waals surface area contributed by atoms with Gasteiger partial charge in [0.1, 0.15) is 36.6 Å². The molecule has 0 aliphatic carbocycles. The largest absolute Gasteiger partial charge is 0.488 e. The molecule has 4 heterocycles. The third-order valence-corrected chi connectivity index (χ3v) is 10.8. The van der Waals surface area contributed by atoms with E-state index in [1.165, 1.54) is 22.2 Å². The van der Waals surface area contributed by atoms with Crippen LogP contribution in [0.5, 0.6) is 5.75 Å². The van der Waals surface area contributed by atoms with Gasteiger partial charge in [-0.3, -0.25) is 9.69 Å². The molecule has 4 aromatic rings. The molecule has 4 atom stereocenters. The van der Waals surface area contributed by atoms with Crippen LogP contribution in [0.1, 0.15) is 58.4 Å². The maximum absolute atomic E-state index is 15.6. The van der Waals surface area contributed by atoms with E-state index in [2.05, 4.69) is 26.8 Å². The highest BCUT2D eigenvalue weighted by Gasteiger charge is 2.58. The summed E-state index contributed by atoms with van der Waals surface area (Å²) in [7, 11) is 0. The molecule has 2 unspecified atom stereocenters.